The van der Waals surface area contributed by atoms with Crippen LogP contribution in [-0.2, 0) is 16.0 Å². The first kappa shape index (κ1) is 24.7. The van der Waals surface area contributed by atoms with Crippen molar-refractivity contribution in [2.75, 3.05) is 32.7 Å². The lowest BCUT2D eigenvalue weighted by atomic mass is 9.95. The summed E-state index contributed by atoms with van der Waals surface area (Å²) in [4.78, 5) is 29.7. The molecule has 2 amide bonds. The molecule has 1 fully saturated rings. The van der Waals surface area contributed by atoms with Crippen molar-refractivity contribution < 1.29 is 9.59 Å². The highest BCUT2D eigenvalue weighted by atomic mass is 16.2. The average Bonchev–Trinajstić information content (AvgIpc) is 2.87. The largest absolute Gasteiger partial charge is 0.354 e. The Morgan fingerprint density at radius 3 is 2.21 bits per heavy atom. The van der Waals surface area contributed by atoms with Gasteiger partial charge in [0.15, 0.2) is 0 Å². The van der Waals surface area contributed by atoms with E-state index >= 15 is 0 Å². The first-order valence-electron chi connectivity index (χ1n) is 12.2. The molecule has 33 heavy (non-hydrogen) atoms. The highest BCUT2D eigenvalue weighted by Crippen LogP contribution is 2.18. The molecule has 0 radical (unpaired) electrons. The van der Waals surface area contributed by atoms with E-state index in [-0.39, 0.29) is 23.8 Å². The molecule has 1 heterocycles. The number of hydrogen-bond donors (Lipinski definition) is 1. The molecule has 0 bridgehead atoms. The fourth-order valence-corrected chi connectivity index (χ4v) is 4.52. The summed E-state index contributed by atoms with van der Waals surface area (Å²) in [7, 11) is 0. The van der Waals surface area contributed by atoms with E-state index in [1.165, 1.54) is 5.56 Å². The minimum atomic E-state index is -0.0266. The predicted molar refractivity (Wildman–Crippen MR) is 135 cm³/mol. The molecule has 0 aliphatic carbocycles. The zero-order valence-corrected chi connectivity index (χ0v) is 20.0. The lowest BCUT2D eigenvalue weighted by Crippen LogP contribution is -2.48. The maximum absolute atomic E-state index is 12.9. The van der Waals surface area contributed by atoms with E-state index in [0.29, 0.717) is 32.5 Å². The maximum Gasteiger partial charge on any atom is 0.246 e. The van der Waals surface area contributed by atoms with Gasteiger partial charge in [-0.2, -0.15) is 0 Å². The number of piperidine rings is 1. The minimum Gasteiger partial charge on any atom is -0.354 e. The summed E-state index contributed by atoms with van der Waals surface area (Å²) in [6.07, 6.45) is 5.83. The van der Waals surface area contributed by atoms with Crippen molar-refractivity contribution in [1.82, 2.24) is 15.1 Å². The van der Waals surface area contributed by atoms with Crippen LogP contribution < -0.4 is 5.32 Å². The van der Waals surface area contributed by atoms with Gasteiger partial charge in [0.25, 0.3) is 0 Å². The van der Waals surface area contributed by atoms with Crippen molar-refractivity contribution in [3.05, 3.63) is 77.9 Å². The molecule has 0 spiro atoms. The van der Waals surface area contributed by atoms with Crippen molar-refractivity contribution >= 4 is 17.9 Å². The predicted octanol–water partition coefficient (Wildman–Crippen LogP) is 4.01. The normalized spacial score (nSPS) is 15.7. The number of carbonyl (C=O) groups is 2. The molecule has 1 unspecified atom stereocenters. The van der Waals surface area contributed by atoms with Crippen LogP contribution in [0.3, 0.4) is 0 Å². The Morgan fingerprint density at radius 2 is 1.61 bits per heavy atom. The van der Waals surface area contributed by atoms with Crippen LogP contribution in [0.15, 0.2) is 66.7 Å². The summed E-state index contributed by atoms with van der Waals surface area (Å²) in [5.74, 6) is 0.107. The lowest BCUT2D eigenvalue weighted by molar-refractivity contribution is -0.132. The molecule has 0 saturated carbocycles. The molecule has 1 saturated heterocycles. The molecule has 176 valence electrons. The van der Waals surface area contributed by atoms with Gasteiger partial charge in [-0.05, 0) is 49.6 Å². The summed E-state index contributed by atoms with van der Waals surface area (Å²) in [5, 5.41) is 3.21. The molecule has 2 aromatic rings. The molecule has 1 N–H and O–H groups in total. The van der Waals surface area contributed by atoms with Crippen LogP contribution in [0.25, 0.3) is 6.08 Å². The highest BCUT2D eigenvalue weighted by molar-refractivity contribution is 5.92. The van der Waals surface area contributed by atoms with Crippen LogP contribution in [0.5, 0.6) is 0 Å². The molecule has 1 aliphatic rings. The first-order chi connectivity index (χ1) is 16.1. The summed E-state index contributed by atoms with van der Waals surface area (Å²) in [6.45, 7) is 8.15. The van der Waals surface area contributed by atoms with Crippen LogP contribution in [0.2, 0.25) is 0 Å². The van der Waals surface area contributed by atoms with Gasteiger partial charge in [-0.3, -0.25) is 14.5 Å². The molecule has 1 atom stereocenters. The van der Waals surface area contributed by atoms with E-state index < -0.39 is 0 Å². The van der Waals surface area contributed by atoms with Crippen molar-refractivity contribution in [3.8, 4) is 0 Å². The van der Waals surface area contributed by atoms with Crippen molar-refractivity contribution in [1.29, 1.82) is 0 Å². The number of benzene rings is 2. The molecular formula is C28H37N3O2. The number of likely N-dealkylation sites (N-methyl/N-ethyl adjacent to an activating group) is 1. The Morgan fingerprint density at radius 1 is 1.00 bits per heavy atom. The van der Waals surface area contributed by atoms with Crippen LogP contribution in [0.1, 0.15) is 37.8 Å². The molecule has 5 nitrogen and oxygen atoms in total. The van der Waals surface area contributed by atoms with Crippen LogP contribution in [0, 0.1) is 5.92 Å². The quantitative estimate of drug-likeness (QED) is 0.560. The number of hydrogen-bond acceptors (Lipinski definition) is 3. The second kappa shape index (κ2) is 12.9. The monoisotopic (exact) mass is 447 g/mol. The Kier molecular flexibility index (Phi) is 9.70. The molecule has 3 rings (SSSR count). The Bertz CT molecular complexity index is 886. The third-order valence-electron chi connectivity index (χ3n) is 6.55. The maximum atomic E-state index is 12.9. The first-order valence-corrected chi connectivity index (χ1v) is 12.2. The van der Waals surface area contributed by atoms with Crippen molar-refractivity contribution in [2.45, 2.75) is 39.2 Å². The van der Waals surface area contributed by atoms with E-state index in [4.69, 9.17) is 0 Å². The highest BCUT2D eigenvalue weighted by Gasteiger charge is 2.27. The van der Waals surface area contributed by atoms with Gasteiger partial charge in [0.05, 0.1) is 0 Å². The zero-order chi connectivity index (χ0) is 23.5. The smallest absolute Gasteiger partial charge is 0.246 e. The topological polar surface area (TPSA) is 52.7 Å². The second-order valence-corrected chi connectivity index (χ2v) is 8.65. The van der Waals surface area contributed by atoms with Gasteiger partial charge < -0.3 is 10.2 Å². The number of carbonyl (C=O) groups excluding carboxylic acids is 2. The number of likely N-dealkylation sites (tertiary alicyclic amines) is 1. The van der Waals surface area contributed by atoms with E-state index in [1.807, 2.05) is 47.4 Å². The van der Waals surface area contributed by atoms with Crippen LogP contribution in [0.4, 0.5) is 0 Å². The van der Waals surface area contributed by atoms with E-state index in [0.717, 1.165) is 25.1 Å². The van der Waals surface area contributed by atoms with Gasteiger partial charge in [-0.25, -0.2) is 0 Å². The number of amides is 2. The summed E-state index contributed by atoms with van der Waals surface area (Å²) >= 11 is 0. The van der Waals surface area contributed by atoms with Crippen LogP contribution >= 0.6 is 0 Å². The second-order valence-electron chi connectivity index (χ2n) is 8.65. The van der Waals surface area contributed by atoms with Gasteiger partial charge in [0.2, 0.25) is 11.8 Å². The Labute approximate surface area is 198 Å². The Hall–Kier alpha value is -2.92. The molecule has 1 aliphatic heterocycles. The van der Waals surface area contributed by atoms with Gasteiger partial charge in [-0.15, -0.1) is 0 Å². The fourth-order valence-electron chi connectivity index (χ4n) is 4.52. The SMILES string of the molecule is CCN(CC)C(CNC(=O)C1CCN(C(=O)/C=C/c2ccccc2)CC1)Cc1ccccc1. The fraction of sp³-hybridized carbons (Fsp3) is 0.429. The molecule has 5 heteroatoms. The summed E-state index contributed by atoms with van der Waals surface area (Å²) in [6, 6.07) is 20.6. The van der Waals surface area contributed by atoms with Gasteiger partial charge in [0.1, 0.15) is 0 Å². The van der Waals surface area contributed by atoms with E-state index in [1.54, 1.807) is 6.08 Å². The van der Waals surface area contributed by atoms with E-state index in [9.17, 15) is 9.59 Å². The minimum absolute atomic E-state index is 0.0159. The zero-order valence-electron chi connectivity index (χ0n) is 20.0. The molecule has 2 aromatic carbocycles. The molecule has 0 aromatic heterocycles. The number of rotatable bonds is 10. The lowest BCUT2D eigenvalue weighted by Gasteiger charge is -2.33. The van der Waals surface area contributed by atoms with Crippen molar-refractivity contribution in [3.63, 3.8) is 0 Å². The van der Waals surface area contributed by atoms with Gasteiger partial charge >= 0.3 is 0 Å². The number of nitrogens with one attached hydrogen (secondary N) is 1. The van der Waals surface area contributed by atoms with Crippen molar-refractivity contribution in [2.24, 2.45) is 5.92 Å². The molecular weight excluding hydrogens is 410 g/mol. The third-order valence-corrected chi connectivity index (χ3v) is 6.55. The third kappa shape index (κ3) is 7.57. The van der Waals surface area contributed by atoms with Gasteiger partial charge in [0, 0.05) is 37.7 Å². The Balaban J connectivity index is 1.48. The summed E-state index contributed by atoms with van der Waals surface area (Å²) < 4.78 is 0. The number of nitrogens with zero attached hydrogens (tertiary/aromatic N) is 2. The average molecular weight is 448 g/mol. The van der Waals surface area contributed by atoms with E-state index in [2.05, 4.69) is 48.3 Å². The summed E-state index contributed by atoms with van der Waals surface area (Å²) in [5.41, 5.74) is 2.30. The standard InChI is InChI=1S/C28H37N3O2/c1-3-30(4-2)26(21-24-13-9-6-10-14-24)22-29-28(33)25-17-19-31(20-18-25)27(32)16-15-23-11-7-5-8-12-23/h5-16,25-26H,3-4,17-22H2,1-2H3,(H,29,33)/b16-15+. The van der Waals surface area contributed by atoms with Gasteiger partial charge in [-0.1, -0.05) is 74.5 Å². The van der Waals surface area contributed by atoms with Crippen LogP contribution in [-0.4, -0.2) is 60.4 Å².